The predicted octanol–water partition coefficient (Wildman–Crippen LogP) is 3.37. The molecule has 0 saturated carbocycles. The number of nitrogens with zero attached hydrogens (tertiary/aromatic N) is 2. The van der Waals surface area contributed by atoms with Gasteiger partial charge in [0.1, 0.15) is 0 Å². The minimum absolute atomic E-state index is 0.138. The summed E-state index contributed by atoms with van der Waals surface area (Å²) in [6, 6.07) is 9.96. The molecular formula is C20H20F3N3O3S. The van der Waals surface area contributed by atoms with Crippen molar-refractivity contribution >= 4 is 20.9 Å². The van der Waals surface area contributed by atoms with Gasteiger partial charge < -0.3 is 4.57 Å². The molecule has 160 valence electrons. The summed E-state index contributed by atoms with van der Waals surface area (Å²) in [5, 5.41) is 0.850. The minimum Gasteiger partial charge on any atom is -0.304 e. The SMILES string of the molecule is CCc1cc2c(ccc(=O)n2Cc2ccc(S(=O)(=O)NC(F)(F)F)cc2)c(CC)n1. The maximum Gasteiger partial charge on any atom is 0.470 e. The lowest BCUT2D eigenvalue weighted by atomic mass is 10.1. The number of alkyl halides is 3. The van der Waals surface area contributed by atoms with Gasteiger partial charge in [-0.1, -0.05) is 26.0 Å². The lowest BCUT2D eigenvalue weighted by Gasteiger charge is -2.14. The summed E-state index contributed by atoms with van der Waals surface area (Å²) < 4.78 is 62.9. The maximum absolute atomic E-state index is 12.5. The highest BCUT2D eigenvalue weighted by Crippen LogP contribution is 2.21. The van der Waals surface area contributed by atoms with E-state index in [4.69, 9.17) is 0 Å². The Balaban J connectivity index is 2.01. The average Bonchev–Trinajstić information content (AvgIpc) is 2.67. The van der Waals surface area contributed by atoms with Crippen LogP contribution in [0.2, 0.25) is 0 Å². The van der Waals surface area contributed by atoms with Crippen molar-refractivity contribution < 1.29 is 21.6 Å². The summed E-state index contributed by atoms with van der Waals surface area (Å²) >= 11 is 0. The molecule has 6 nitrogen and oxygen atoms in total. The van der Waals surface area contributed by atoms with Crippen LogP contribution in [0, 0.1) is 0 Å². The molecule has 0 spiro atoms. The van der Waals surface area contributed by atoms with Gasteiger partial charge in [0.25, 0.3) is 5.56 Å². The Labute approximate surface area is 171 Å². The largest absolute Gasteiger partial charge is 0.470 e. The van der Waals surface area contributed by atoms with Crippen LogP contribution in [0.3, 0.4) is 0 Å². The minimum atomic E-state index is -5.06. The first kappa shape index (κ1) is 22.0. The van der Waals surface area contributed by atoms with Crippen LogP contribution in [0.4, 0.5) is 13.2 Å². The number of halogens is 3. The molecule has 2 heterocycles. The van der Waals surface area contributed by atoms with E-state index in [0.29, 0.717) is 28.6 Å². The number of aromatic nitrogens is 2. The van der Waals surface area contributed by atoms with Crippen LogP contribution in [0.1, 0.15) is 30.8 Å². The number of sulfonamides is 1. The molecule has 0 unspecified atom stereocenters. The van der Waals surface area contributed by atoms with E-state index in [1.165, 1.54) is 18.2 Å². The second kappa shape index (κ2) is 8.19. The topological polar surface area (TPSA) is 81.1 Å². The number of aryl methyl sites for hydroxylation is 2. The standard InChI is InChI=1S/C20H20F3N3O3S/c1-3-14-11-18-16(17(4-2)24-14)9-10-19(27)26(18)12-13-5-7-15(8-6-13)30(28,29)25-20(21,22)23/h5-11,25H,3-4,12H2,1-2H3. The highest BCUT2D eigenvalue weighted by molar-refractivity contribution is 7.89. The molecule has 10 heteroatoms. The first-order valence-corrected chi connectivity index (χ1v) is 10.7. The Hall–Kier alpha value is -2.72. The molecule has 0 aliphatic heterocycles. The second-order valence-electron chi connectivity index (χ2n) is 6.71. The van der Waals surface area contributed by atoms with E-state index in [0.717, 1.165) is 28.9 Å². The molecule has 0 aliphatic carbocycles. The monoisotopic (exact) mass is 439 g/mol. The second-order valence-corrected chi connectivity index (χ2v) is 8.39. The van der Waals surface area contributed by atoms with E-state index >= 15 is 0 Å². The van der Waals surface area contributed by atoms with Crippen LogP contribution in [0.5, 0.6) is 0 Å². The van der Waals surface area contributed by atoms with E-state index in [2.05, 4.69) is 4.98 Å². The Morgan fingerprint density at radius 3 is 2.27 bits per heavy atom. The van der Waals surface area contributed by atoms with Crippen molar-refractivity contribution in [3.05, 3.63) is 69.8 Å². The van der Waals surface area contributed by atoms with Gasteiger partial charge in [0.05, 0.1) is 17.0 Å². The van der Waals surface area contributed by atoms with E-state index in [1.807, 2.05) is 19.9 Å². The van der Waals surface area contributed by atoms with Crippen LogP contribution in [0.25, 0.3) is 10.9 Å². The Kier molecular flexibility index (Phi) is 6.00. The van der Waals surface area contributed by atoms with Gasteiger partial charge >= 0.3 is 6.30 Å². The van der Waals surface area contributed by atoms with Gasteiger partial charge in [-0.3, -0.25) is 9.78 Å². The number of fused-ring (bicyclic) bond motifs is 1. The molecule has 0 radical (unpaired) electrons. The lowest BCUT2D eigenvalue weighted by Crippen LogP contribution is -2.37. The van der Waals surface area contributed by atoms with E-state index in [1.54, 1.807) is 10.6 Å². The molecule has 0 aliphatic rings. The van der Waals surface area contributed by atoms with Gasteiger partial charge in [0, 0.05) is 22.8 Å². The highest BCUT2D eigenvalue weighted by atomic mass is 32.2. The molecule has 30 heavy (non-hydrogen) atoms. The molecule has 2 aromatic heterocycles. The maximum atomic E-state index is 12.5. The summed E-state index contributed by atoms with van der Waals surface area (Å²) in [7, 11) is -4.72. The molecule has 1 aromatic carbocycles. The quantitative estimate of drug-likeness (QED) is 0.597. The zero-order valence-electron chi connectivity index (χ0n) is 16.3. The van der Waals surface area contributed by atoms with Crippen molar-refractivity contribution in [3.8, 4) is 0 Å². The van der Waals surface area contributed by atoms with Crippen molar-refractivity contribution in [1.29, 1.82) is 0 Å². The van der Waals surface area contributed by atoms with Gasteiger partial charge in [-0.15, -0.1) is 4.72 Å². The van der Waals surface area contributed by atoms with Crippen molar-refractivity contribution in [1.82, 2.24) is 14.3 Å². The molecule has 3 rings (SSSR count). The lowest BCUT2D eigenvalue weighted by molar-refractivity contribution is -0.138. The van der Waals surface area contributed by atoms with Crippen LogP contribution < -0.4 is 10.3 Å². The zero-order chi connectivity index (χ0) is 22.1. The zero-order valence-corrected chi connectivity index (χ0v) is 17.1. The number of hydrogen-bond acceptors (Lipinski definition) is 4. The van der Waals surface area contributed by atoms with Gasteiger partial charge in [0.2, 0.25) is 10.0 Å². The molecule has 0 atom stereocenters. The highest BCUT2D eigenvalue weighted by Gasteiger charge is 2.34. The third-order valence-corrected chi connectivity index (χ3v) is 6.03. The predicted molar refractivity (Wildman–Crippen MR) is 107 cm³/mol. The fraction of sp³-hybridized carbons (Fsp3) is 0.300. The first-order chi connectivity index (χ1) is 14.0. The smallest absolute Gasteiger partial charge is 0.304 e. The summed E-state index contributed by atoms with van der Waals surface area (Å²) in [5.74, 6) is 0. The molecule has 0 amide bonds. The van der Waals surface area contributed by atoms with E-state index in [9.17, 15) is 26.4 Å². The van der Waals surface area contributed by atoms with Crippen LogP contribution >= 0.6 is 0 Å². The number of pyridine rings is 2. The normalized spacial score (nSPS) is 12.4. The van der Waals surface area contributed by atoms with Gasteiger partial charge in [0.15, 0.2) is 0 Å². The van der Waals surface area contributed by atoms with E-state index in [-0.39, 0.29) is 12.1 Å². The molecule has 3 aromatic rings. The van der Waals surface area contributed by atoms with Crippen molar-refractivity contribution in [2.24, 2.45) is 0 Å². The molecule has 0 fully saturated rings. The van der Waals surface area contributed by atoms with Gasteiger partial charge in [-0.2, -0.15) is 13.2 Å². The summed E-state index contributed by atoms with van der Waals surface area (Å²) in [4.78, 5) is 16.6. The Bertz CT molecular complexity index is 1230. The third-order valence-electron chi connectivity index (χ3n) is 4.64. The fourth-order valence-corrected chi connectivity index (χ4v) is 4.12. The summed E-state index contributed by atoms with van der Waals surface area (Å²) in [5.41, 5.74) is 2.76. The summed E-state index contributed by atoms with van der Waals surface area (Å²) in [6.45, 7) is 4.08. The molecular weight excluding hydrogens is 419 g/mol. The Morgan fingerprint density at radius 2 is 1.70 bits per heavy atom. The van der Waals surface area contributed by atoms with Gasteiger partial charge in [-0.05, 0) is 42.7 Å². The number of benzene rings is 1. The van der Waals surface area contributed by atoms with Crippen molar-refractivity contribution in [2.45, 2.75) is 44.4 Å². The van der Waals surface area contributed by atoms with Crippen LogP contribution in [0.15, 0.2) is 52.2 Å². The average molecular weight is 439 g/mol. The number of rotatable bonds is 6. The van der Waals surface area contributed by atoms with E-state index < -0.39 is 21.2 Å². The molecule has 0 bridgehead atoms. The molecule has 1 N–H and O–H groups in total. The molecule has 0 saturated heterocycles. The number of nitrogens with one attached hydrogen (secondary N) is 1. The Morgan fingerprint density at radius 1 is 1.03 bits per heavy atom. The van der Waals surface area contributed by atoms with Gasteiger partial charge in [-0.25, -0.2) is 8.42 Å². The van der Waals surface area contributed by atoms with Crippen molar-refractivity contribution in [3.63, 3.8) is 0 Å². The third kappa shape index (κ3) is 4.71. The van der Waals surface area contributed by atoms with Crippen LogP contribution in [-0.4, -0.2) is 24.3 Å². The number of hydrogen-bond donors (Lipinski definition) is 1. The van der Waals surface area contributed by atoms with Crippen LogP contribution in [-0.2, 0) is 29.4 Å². The van der Waals surface area contributed by atoms with Crippen molar-refractivity contribution in [2.75, 3.05) is 0 Å². The first-order valence-electron chi connectivity index (χ1n) is 9.26. The fourth-order valence-electron chi connectivity index (χ4n) is 3.20. The summed E-state index contributed by atoms with van der Waals surface area (Å²) in [6.07, 6.45) is -3.66.